The summed E-state index contributed by atoms with van der Waals surface area (Å²) in [6.45, 7) is 1.34. The van der Waals surface area contributed by atoms with E-state index >= 15 is 0 Å². The standard InChI is InChI=1S/C16H19N5O3/c22-16(12-5-4-6-13(11-12)21(23)24)17-9-8-15-19-18-14-7-2-1-3-10-20(14)15/h4-6,11H,1-3,7-10H2,(H,17,22). The highest BCUT2D eigenvalue weighted by atomic mass is 16.6. The van der Waals surface area contributed by atoms with E-state index in [1.54, 1.807) is 6.07 Å². The highest BCUT2D eigenvalue weighted by molar-refractivity contribution is 5.94. The van der Waals surface area contributed by atoms with E-state index in [0.717, 1.165) is 37.5 Å². The summed E-state index contributed by atoms with van der Waals surface area (Å²) in [6.07, 6.45) is 5.01. The van der Waals surface area contributed by atoms with Gasteiger partial charge in [-0.3, -0.25) is 14.9 Å². The number of nitro benzene ring substituents is 1. The average molecular weight is 329 g/mol. The van der Waals surface area contributed by atoms with Crippen LogP contribution in [-0.4, -0.2) is 32.1 Å². The summed E-state index contributed by atoms with van der Waals surface area (Å²) in [5.74, 6) is 1.58. The van der Waals surface area contributed by atoms with Gasteiger partial charge in [0.25, 0.3) is 11.6 Å². The van der Waals surface area contributed by atoms with Crippen molar-refractivity contribution in [3.63, 3.8) is 0 Å². The van der Waals surface area contributed by atoms with E-state index in [1.165, 1.54) is 24.6 Å². The highest BCUT2D eigenvalue weighted by Gasteiger charge is 2.15. The van der Waals surface area contributed by atoms with Gasteiger partial charge < -0.3 is 9.88 Å². The fourth-order valence-corrected chi connectivity index (χ4v) is 2.88. The summed E-state index contributed by atoms with van der Waals surface area (Å²) in [5, 5.41) is 22.0. The van der Waals surface area contributed by atoms with Gasteiger partial charge in [-0.2, -0.15) is 0 Å². The Morgan fingerprint density at radius 1 is 1.29 bits per heavy atom. The highest BCUT2D eigenvalue weighted by Crippen LogP contribution is 2.15. The molecule has 0 saturated heterocycles. The van der Waals surface area contributed by atoms with E-state index in [9.17, 15) is 14.9 Å². The lowest BCUT2D eigenvalue weighted by Crippen LogP contribution is -2.26. The number of hydrogen-bond donors (Lipinski definition) is 1. The van der Waals surface area contributed by atoms with E-state index in [2.05, 4.69) is 20.1 Å². The quantitative estimate of drug-likeness (QED) is 0.666. The topological polar surface area (TPSA) is 103 Å². The van der Waals surface area contributed by atoms with Gasteiger partial charge in [0.2, 0.25) is 0 Å². The van der Waals surface area contributed by atoms with Crippen LogP contribution in [0.1, 0.15) is 41.3 Å². The van der Waals surface area contributed by atoms with Crippen LogP contribution in [0.25, 0.3) is 0 Å². The van der Waals surface area contributed by atoms with Crippen LogP contribution < -0.4 is 5.32 Å². The number of carbonyl (C=O) groups is 1. The summed E-state index contributed by atoms with van der Waals surface area (Å²) < 4.78 is 2.15. The molecule has 2 aromatic rings. The average Bonchev–Trinajstić information content (AvgIpc) is 2.81. The molecule has 1 N–H and O–H groups in total. The molecule has 1 aromatic heterocycles. The molecule has 0 spiro atoms. The molecule has 0 bridgehead atoms. The molecule has 3 rings (SSSR count). The molecule has 1 amide bonds. The minimum atomic E-state index is -0.512. The number of carbonyl (C=O) groups excluding carboxylic acids is 1. The SMILES string of the molecule is O=C(NCCc1nnc2n1CCCCC2)c1cccc([N+](=O)[O-])c1. The van der Waals surface area contributed by atoms with Gasteiger partial charge >= 0.3 is 0 Å². The Bertz CT molecular complexity index is 756. The molecule has 2 heterocycles. The predicted molar refractivity (Wildman–Crippen MR) is 86.7 cm³/mol. The van der Waals surface area contributed by atoms with Crippen molar-refractivity contribution in [3.05, 3.63) is 51.6 Å². The molecule has 0 aliphatic carbocycles. The zero-order chi connectivity index (χ0) is 16.9. The number of hydrogen-bond acceptors (Lipinski definition) is 5. The first-order chi connectivity index (χ1) is 11.6. The van der Waals surface area contributed by atoms with Gasteiger partial charge in [-0.05, 0) is 18.9 Å². The maximum absolute atomic E-state index is 12.1. The number of non-ortho nitro benzene ring substituents is 1. The Morgan fingerprint density at radius 2 is 2.17 bits per heavy atom. The van der Waals surface area contributed by atoms with Gasteiger partial charge in [0.1, 0.15) is 11.6 Å². The monoisotopic (exact) mass is 329 g/mol. The third-order valence-electron chi connectivity index (χ3n) is 4.14. The molecule has 0 atom stereocenters. The van der Waals surface area contributed by atoms with Crippen LogP contribution in [-0.2, 0) is 19.4 Å². The largest absolute Gasteiger partial charge is 0.352 e. The van der Waals surface area contributed by atoms with Crippen LogP contribution in [0.2, 0.25) is 0 Å². The van der Waals surface area contributed by atoms with Gasteiger partial charge in [-0.15, -0.1) is 10.2 Å². The number of rotatable bonds is 5. The van der Waals surface area contributed by atoms with E-state index in [0.29, 0.717) is 13.0 Å². The van der Waals surface area contributed by atoms with Crippen molar-refractivity contribution in [1.29, 1.82) is 0 Å². The molecule has 8 nitrogen and oxygen atoms in total. The number of aryl methyl sites for hydroxylation is 1. The van der Waals surface area contributed by atoms with Crippen molar-refractivity contribution in [1.82, 2.24) is 20.1 Å². The second kappa shape index (κ2) is 7.20. The molecule has 0 radical (unpaired) electrons. The number of benzene rings is 1. The van der Waals surface area contributed by atoms with Gasteiger partial charge in [-0.1, -0.05) is 12.5 Å². The fraction of sp³-hybridized carbons (Fsp3) is 0.438. The van der Waals surface area contributed by atoms with Crippen molar-refractivity contribution in [3.8, 4) is 0 Å². The van der Waals surface area contributed by atoms with Gasteiger partial charge in [-0.25, -0.2) is 0 Å². The molecule has 0 unspecified atom stereocenters. The summed E-state index contributed by atoms with van der Waals surface area (Å²) in [6, 6.07) is 5.71. The molecule has 24 heavy (non-hydrogen) atoms. The summed E-state index contributed by atoms with van der Waals surface area (Å²) >= 11 is 0. The first-order valence-corrected chi connectivity index (χ1v) is 8.09. The van der Waals surface area contributed by atoms with E-state index in [1.807, 2.05) is 0 Å². The summed E-state index contributed by atoms with van der Waals surface area (Å²) in [7, 11) is 0. The van der Waals surface area contributed by atoms with Gasteiger partial charge in [0, 0.05) is 43.6 Å². The second-order valence-corrected chi connectivity index (χ2v) is 5.81. The predicted octanol–water partition coefficient (Wildman–Crippen LogP) is 1.89. The smallest absolute Gasteiger partial charge is 0.270 e. The first-order valence-electron chi connectivity index (χ1n) is 8.09. The molecular formula is C16H19N5O3. The van der Waals surface area contributed by atoms with E-state index < -0.39 is 4.92 Å². The third kappa shape index (κ3) is 3.58. The lowest BCUT2D eigenvalue weighted by Gasteiger charge is -2.08. The molecule has 1 aliphatic heterocycles. The van der Waals surface area contributed by atoms with Crippen molar-refractivity contribution < 1.29 is 9.72 Å². The Kier molecular flexibility index (Phi) is 4.83. The normalized spacial score (nSPS) is 13.8. The van der Waals surface area contributed by atoms with Crippen LogP contribution in [0.4, 0.5) is 5.69 Å². The first kappa shape index (κ1) is 16.1. The maximum Gasteiger partial charge on any atom is 0.270 e. The number of nitrogens with zero attached hydrogens (tertiary/aromatic N) is 4. The number of amides is 1. The van der Waals surface area contributed by atoms with Crippen LogP contribution in [0, 0.1) is 10.1 Å². The number of fused-ring (bicyclic) bond motifs is 1. The van der Waals surface area contributed by atoms with Gasteiger partial charge in [0.15, 0.2) is 0 Å². The zero-order valence-corrected chi connectivity index (χ0v) is 13.3. The molecule has 0 fully saturated rings. The molecule has 1 aliphatic rings. The molecule has 126 valence electrons. The molecule has 0 saturated carbocycles. The van der Waals surface area contributed by atoms with Crippen molar-refractivity contribution >= 4 is 11.6 Å². The van der Waals surface area contributed by atoms with Gasteiger partial charge in [0.05, 0.1) is 4.92 Å². The second-order valence-electron chi connectivity index (χ2n) is 5.81. The molecule has 1 aromatic carbocycles. The van der Waals surface area contributed by atoms with Crippen LogP contribution in [0.3, 0.4) is 0 Å². The molecular weight excluding hydrogens is 310 g/mol. The van der Waals surface area contributed by atoms with Crippen LogP contribution in [0.5, 0.6) is 0 Å². The third-order valence-corrected chi connectivity index (χ3v) is 4.14. The van der Waals surface area contributed by atoms with E-state index in [-0.39, 0.29) is 17.2 Å². The Hall–Kier alpha value is -2.77. The Labute approximate surface area is 139 Å². The number of nitro groups is 1. The molecule has 8 heteroatoms. The van der Waals surface area contributed by atoms with E-state index in [4.69, 9.17) is 0 Å². The van der Waals surface area contributed by atoms with Crippen molar-refractivity contribution in [2.24, 2.45) is 0 Å². The lowest BCUT2D eigenvalue weighted by atomic mass is 10.2. The van der Waals surface area contributed by atoms with Crippen LogP contribution in [0.15, 0.2) is 24.3 Å². The zero-order valence-electron chi connectivity index (χ0n) is 13.3. The minimum absolute atomic E-state index is 0.0922. The van der Waals surface area contributed by atoms with Crippen molar-refractivity contribution in [2.45, 2.75) is 38.6 Å². The summed E-state index contributed by atoms with van der Waals surface area (Å²) in [4.78, 5) is 22.4. The maximum atomic E-state index is 12.1. The Balaban J connectivity index is 1.59. The minimum Gasteiger partial charge on any atom is -0.352 e. The summed E-state index contributed by atoms with van der Waals surface area (Å²) in [5.41, 5.74) is 0.190. The number of aromatic nitrogens is 3. The lowest BCUT2D eigenvalue weighted by molar-refractivity contribution is -0.384. The number of nitrogens with one attached hydrogen (secondary N) is 1. The fourth-order valence-electron chi connectivity index (χ4n) is 2.88. The van der Waals surface area contributed by atoms with Crippen LogP contribution >= 0.6 is 0 Å². The Morgan fingerprint density at radius 3 is 3.00 bits per heavy atom. The van der Waals surface area contributed by atoms with Crippen molar-refractivity contribution in [2.75, 3.05) is 6.54 Å².